The van der Waals surface area contributed by atoms with Gasteiger partial charge in [-0.05, 0) is 42.5 Å². The Morgan fingerprint density at radius 3 is 2.74 bits per heavy atom. The van der Waals surface area contributed by atoms with Gasteiger partial charge in [-0.3, -0.25) is 9.69 Å². The van der Waals surface area contributed by atoms with Gasteiger partial charge in [0.25, 0.3) is 5.91 Å². The van der Waals surface area contributed by atoms with Crippen LogP contribution in [0, 0.1) is 5.41 Å². The Morgan fingerprint density at radius 1 is 1.12 bits per heavy atom. The van der Waals surface area contributed by atoms with Crippen molar-refractivity contribution in [3.8, 4) is 11.5 Å². The summed E-state index contributed by atoms with van der Waals surface area (Å²) in [6, 6.07) is 14.0. The van der Waals surface area contributed by atoms with E-state index in [0.29, 0.717) is 43.0 Å². The van der Waals surface area contributed by atoms with Gasteiger partial charge in [0.1, 0.15) is 18.1 Å². The number of benzene rings is 2. The maximum atomic E-state index is 13.2. The minimum atomic E-state index is -0.606. The van der Waals surface area contributed by atoms with E-state index in [1.54, 1.807) is 11.0 Å². The van der Waals surface area contributed by atoms with Gasteiger partial charge in [-0.2, -0.15) is 0 Å². The number of hydrogen-bond donors (Lipinski definition) is 2. The summed E-state index contributed by atoms with van der Waals surface area (Å²) in [5.74, 6) is 1.24. The lowest BCUT2D eigenvalue weighted by atomic mass is 9.63. The average molecular weight is 464 g/mol. The predicted molar refractivity (Wildman–Crippen MR) is 128 cm³/mol. The third-order valence-corrected chi connectivity index (χ3v) is 7.82. The highest BCUT2D eigenvalue weighted by Crippen LogP contribution is 2.46. The number of ether oxygens (including phenoxy) is 2. The molecule has 180 valence electrons. The Hall–Kier alpha value is -2.61. The molecule has 3 heterocycles. The lowest BCUT2D eigenvalue weighted by Crippen LogP contribution is -2.62. The fourth-order valence-corrected chi connectivity index (χ4v) is 5.85. The van der Waals surface area contributed by atoms with Crippen LogP contribution in [-0.2, 0) is 13.0 Å². The van der Waals surface area contributed by atoms with Crippen molar-refractivity contribution in [3.63, 3.8) is 0 Å². The highest BCUT2D eigenvalue weighted by Gasteiger charge is 2.49. The number of rotatable bonds is 6. The molecule has 1 saturated heterocycles. The van der Waals surface area contributed by atoms with Gasteiger partial charge in [0, 0.05) is 50.7 Å². The van der Waals surface area contributed by atoms with E-state index in [0.717, 1.165) is 51.2 Å². The van der Waals surface area contributed by atoms with Crippen LogP contribution in [-0.4, -0.2) is 78.9 Å². The number of fused-ring (bicyclic) bond motifs is 2. The molecule has 2 aromatic rings. The molecule has 7 nitrogen and oxygen atoms in total. The Morgan fingerprint density at radius 2 is 1.94 bits per heavy atom. The van der Waals surface area contributed by atoms with Gasteiger partial charge in [-0.15, -0.1) is 0 Å². The second kappa shape index (κ2) is 8.87. The molecule has 1 atom stereocenters. The molecule has 2 fully saturated rings. The van der Waals surface area contributed by atoms with E-state index in [2.05, 4.69) is 34.5 Å². The summed E-state index contributed by atoms with van der Waals surface area (Å²) in [5.41, 5.74) is 3.72. The van der Waals surface area contributed by atoms with Crippen LogP contribution in [0.2, 0.25) is 0 Å². The van der Waals surface area contributed by atoms with E-state index >= 15 is 0 Å². The number of aliphatic hydroxyl groups is 1. The molecule has 0 radical (unpaired) electrons. The maximum absolute atomic E-state index is 13.2. The van der Waals surface area contributed by atoms with Crippen molar-refractivity contribution in [1.29, 1.82) is 0 Å². The molecule has 2 N–H and O–H groups in total. The van der Waals surface area contributed by atoms with Crippen LogP contribution in [0.25, 0.3) is 0 Å². The van der Waals surface area contributed by atoms with Gasteiger partial charge in [-0.1, -0.05) is 24.3 Å². The van der Waals surface area contributed by atoms with E-state index < -0.39 is 6.10 Å². The number of aliphatic hydroxyl groups excluding tert-OH is 1. The van der Waals surface area contributed by atoms with E-state index in [4.69, 9.17) is 9.47 Å². The third kappa shape index (κ3) is 4.28. The first-order valence-electron chi connectivity index (χ1n) is 12.5. The second-order valence-corrected chi connectivity index (χ2v) is 10.4. The minimum Gasteiger partial charge on any atom is -0.491 e. The van der Waals surface area contributed by atoms with Crippen molar-refractivity contribution < 1.29 is 19.4 Å². The molecule has 0 bridgehead atoms. The molecular weight excluding hydrogens is 430 g/mol. The SMILES string of the molecule is O=C1c2ccc(OC3CC4(CNC4)C3)cc2OCCN1CC(O)CN1CCc2ccccc2C1. The molecule has 1 amide bonds. The molecule has 4 aliphatic rings. The monoisotopic (exact) mass is 463 g/mol. The number of hydrogen-bond acceptors (Lipinski definition) is 6. The Bertz CT molecular complexity index is 1060. The first-order chi connectivity index (χ1) is 16.6. The van der Waals surface area contributed by atoms with E-state index in [9.17, 15) is 9.90 Å². The lowest BCUT2D eigenvalue weighted by Gasteiger charge is -2.53. The standard InChI is InChI=1S/C27H33N3O4/c31-21(15-29-8-7-19-3-1-2-4-20(19)14-29)16-30-9-10-33-25-11-22(5-6-24(25)26(30)32)34-23-12-27(13-23)17-28-18-27/h1-6,11,21,23,28,31H,7-10,12-18H2. The van der Waals surface area contributed by atoms with Crippen LogP contribution in [0.1, 0.15) is 34.3 Å². The summed E-state index contributed by atoms with van der Waals surface area (Å²) >= 11 is 0. The second-order valence-electron chi connectivity index (χ2n) is 10.4. The molecule has 3 aliphatic heterocycles. The number of nitrogens with zero attached hydrogens (tertiary/aromatic N) is 2. The quantitative estimate of drug-likeness (QED) is 0.683. The van der Waals surface area contributed by atoms with E-state index in [-0.39, 0.29) is 12.0 Å². The van der Waals surface area contributed by atoms with Crippen LogP contribution >= 0.6 is 0 Å². The summed E-state index contributed by atoms with van der Waals surface area (Å²) in [6.45, 7) is 5.69. The summed E-state index contributed by atoms with van der Waals surface area (Å²) in [6.07, 6.45) is 2.81. The normalized spacial score (nSPS) is 22.6. The fraction of sp³-hybridized carbons (Fsp3) is 0.519. The largest absolute Gasteiger partial charge is 0.491 e. The van der Waals surface area contributed by atoms with Crippen LogP contribution in [0.15, 0.2) is 42.5 Å². The summed E-state index contributed by atoms with van der Waals surface area (Å²) < 4.78 is 12.1. The Balaban J connectivity index is 1.05. The van der Waals surface area contributed by atoms with E-state index in [1.165, 1.54) is 11.1 Å². The topological polar surface area (TPSA) is 74.3 Å². The van der Waals surface area contributed by atoms with Crippen molar-refractivity contribution in [2.75, 3.05) is 45.9 Å². The highest BCUT2D eigenvalue weighted by molar-refractivity contribution is 5.97. The van der Waals surface area contributed by atoms with Gasteiger partial charge in [0.2, 0.25) is 0 Å². The van der Waals surface area contributed by atoms with Gasteiger partial charge >= 0.3 is 0 Å². The van der Waals surface area contributed by atoms with Crippen molar-refractivity contribution >= 4 is 5.91 Å². The molecule has 34 heavy (non-hydrogen) atoms. The number of carbonyl (C=O) groups is 1. The molecule has 1 aliphatic carbocycles. The molecular formula is C27H33N3O4. The predicted octanol–water partition coefficient (Wildman–Crippen LogP) is 2.07. The molecule has 1 spiro atoms. The fourth-order valence-electron chi connectivity index (χ4n) is 5.85. The average Bonchev–Trinajstić information content (AvgIpc) is 2.93. The van der Waals surface area contributed by atoms with Crippen LogP contribution in [0.5, 0.6) is 11.5 Å². The molecule has 1 saturated carbocycles. The molecule has 7 heteroatoms. The number of β-amino-alcohol motifs (C(OH)–C–C–N with tert-alkyl or cyclic N) is 1. The highest BCUT2D eigenvalue weighted by atomic mass is 16.5. The first-order valence-corrected chi connectivity index (χ1v) is 12.5. The number of carbonyl (C=O) groups excluding carboxylic acids is 1. The van der Waals surface area contributed by atoms with Gasteiger partial charge < -0.3 is 24.8 Å². The molecule has 6 rings (SSSR count). The van der Waals surface area contributed by atoms with Crippen molar-refractivity contribution in [2.24, 2.45) is 5.41 Å². The van der Waals surface area contributed by atoms with E-state index in [1.807, 2.05) is 12.1 Å². The van der Waals surface area contributed by atoms with Crippen molar-refractivity contribution in [3.05, 3.63) is 59.2 Å². The third-order valence-electron chi connectivity index (χ3n) is 7.82. The maximum Gasteiger partial charge on any atom is 0.257 e. The van der Waals surface area contributed by atoms with Crippen molar-refractivity contribution in [1.82, 2.24) is 15.1 Å². The summed E-state index contributed by atoms with van der Waals surface area (Å²) in [7, 11) is 0. The molecule has 2 aromatic carbocycles. The number of nitrogens with one attached hydrogen (secondary N) is 1. The summed E-state index contributed by atoms with van der Waals surface area (Å²) in [5, 5.41) is 14.1. The van der Waals surface area contributed by atoms with Gasteiger partial charge in [0.15, 0.2) is 0 Å². The molecule has 0 aromatic heterocycles. The first kappa shape index (κ1) is 21.9. The Labute approximate surface area is 200 Å². The van der Waals surface area contributed by atoms with Gasteiger partial charge in [-0.25, -0.2) is 0 Å². The minimum absolute atomic E-state index is 0.0924. The Kier molecular flexibility index (Phi) is 5.71. The lowest BCUT2D eigenvalue weighted by molar-refractivity contribution is -0.0495. The smallest absolute Gasteiger partial charge is 0.257 e. The molecule has 1 unspecified atom stereocenters. The zero-order valence-electron chi connectivity index (χ0n) is 19.5. The van der Waals surface area contributed by atoms with Gasteiger partial charge in [0.05, 0.1) is 24.3 Å². The van der Waals surface area contributed by atoms with Crippen LogP contribution in [0.3, 0.4) is 0 Å². The van der Waals surface area contributed by atoms with Crippen molar-refractivity contribution in [2.45, 2.75) is 38.0 Å². The van der Waals surface area contributed by atoms with Crippen LogP contribution in [0.4, 0.5) is 0 Å². The van der Waals surface area contributed by atoms with Crippen LogP contribution < -0.4 is 14.8 Å². The zero-order valence-corrected chi connectivity index (χ0v) is 19.5. The number of amides is 1. The zero-order chi connectivity index (χ0) is 23.1. The summed E-state index contributed by atoms with van der Waals surface area (Å²) in [4.78, 5) is 17.2.